The Morgan fingerprint density at radius 3 is 2.90 bits per heavy atom. The number of carbonyl (C=O) groups excluding carboxylic acids is 2. The molecule has 0 saturated carbocycles. The third-order valence-corrected chi connectivity index (χ3v) is 5.34. The number of amides is 2. The first kappa shape index (κ1) is 19.2. The first-order valence-electron chi connectivity index (χ1n) is 10.1. The summed E-state index contributed by atoms with van der Waals surface area (Å²) in [6.45, 7) is 4.28. The Morgan fingerprint density at radius 1 is 1.24 bits per heavy atom. The van der Waals surface area contributed by atoms with Gasteiger partial charge in [0.25, 0.3) is 5.56 Å². The van der Waals surface area contributed by atoms with E-state index in [4.69, 9.17) is 4.42 Å². The average Bonchev–Trinajstić information content (AvgIpc) is 3.39. The molecule has 4 rings (SSSR count). The monoisotopic (exact) mass is 399 g/mol. The van der Waals surface area contributed by atoms with Crippen molar-refractivity contribution in [3.05, 3.63) is 34.6 Å². The first-order chi connectivity index (χ1) is 14.0. The van der Waals surface area contributed by atoms with E-state index in [0.717, 1.165) is 24.9 Å². The van der Waals surface area contributed by atoms with Crippen molar-refractivity contribution in [2.45, 2.75) is 45.6 Å². The summed E-state index contributed by atoms with van der Waals surface area (Å²) in [5.41, 5.74) is 1.80. The van der Waals surface area contributed by atoms with E-state index in [9.17, 15) is 14.4 Å². The zero-order chi connectivity index (χ0) is 20.4. The molecule has 1 aliphatic heterocycles. The van der Waals surface area contributed by atoms with Gasteiger partial charge >= 0.3 is 0 Å². The number of nitrogens with zero attached hydrogens (tertiary/aromatic N) is 4. The highest BCUT2D eigenvalue weighted by atomic mass is 16.3. The van der Waals surface area contributed by atoms with Crippen molar-refractivity contribution in [2.24, 2.45) is 0 Å². The fourth-order valence-corrected chi connectivity index (χ4v) is 3.90. The summed E-state index contributed by atoms with van der Waals surface area (Å²) in [7, 11) is 0. The lowest BCUT2D eigenvalue weighted by Crippen LogP contribution is -2.31. The fourth-order valence-electron chi connectivity index (χ4n) is 3.90. The van der Waals surface area contributed by atoms with Crippen LogP contribution in [-0.2, 0) is 16.1 Å². The van der Waals surface area contributed by atoms with Crippen molar-refractivity contribution in [2.75, 3.05) is 19.6 Å². The minimum absolute atomic E-state index is 0.0520. The topological polar surface area (TPSA) is 102 Å². The second-order valence-corrected chi connectivity index (χ2v) is 7.40. The molecule has 3 aromatic rings. The Labute approximate surface area is 167 Å². The molecular formula is C20H25N5O4. The number of aryl methyl sites for hydroxylation is 2. The summed E-state index contributed by atoms with van der Waals surface area (Å²) in [5.74, 6) is 0.845. The molecule has 0 radical (unpaired) electrons. The molecule has 3 aromatic heterocycles. The number of aromatic nitrogens is 3. The number of likely N-dealkylation sites (tertiary alicyclic amines) is 1. The molecule has 2 amide bonds. The number of hydrogen-bond acceptors (Lipinski definition) is 5. The van der Waals surface area contributed by atoms with Gasteiger partial charge in [-0.15, -0.1) is 0 Å². The van der Waals surface area contributed by atoms with E-state index < -0.39 is 0 Å². The van der Waals surface area contributed by atoms with E-state index in [1.807, 2.05) is 17.9 Å². The molecule has 154 valence electrons. The van der Waals surface area contributed by atoms with Gasteiger partial charge in [-0.2, -0.15) is 5.10 Å². The molecule has 1 saturated heterocycles. The van der Waals surface area contributed by atoms with Crippen LogP contribution in [-0.4, -0.2) is 50.5 Å². The van der Waals surface area contributed by atoms with Crippen LogP contribution in [0, 0.1) is 6.92 Å². The fraction of sp³-hybridized carbons (Fsp3) is 0.500. The maximum Gasteiger partial charge on any atom is 0.291 e. The predicted molar refractivity (Wildman–Crippen MR) is 107 cm³/mol. The SMILES string of the molecule is Cc1nn(CCCC(=O)NCCCN2CCCC2=O)c(=O)c2cc3occc3n12. The molecule has 0 unspecified atom stereocenters. The Hall–Kier alpha value is -3.10. The molecule has 4 heterocycles. The molecule has 29 heavy (non-hydrogen) atoms. The first-order valence-corrected chi connectivity index (χ1v) is 10.1. The lowest BCUT2D eigenvalue weighted by molar-refractivity contribution is -0.127. The van der Waals surface area contributed by atoms with Crippen LogP contribution in [0.2, 0.25) is 0 Å². The lowest BCUT2D eigenvalue weighted by atomic mass is 10.3. The largest absolute Gasteiger partial charge is 0.463 e. The van der Waals surface area contributed by atoms with Crippen LogP contribution in [0.1, 0.15) is 37.9 Å². The van der Waals surface area contributed by atoms with E-state index >= 15 is 0 Å². The summed E-state index contributed by atoms with van der Waals surface area (Å²) in [5, 5.41) is 7.26. The van der Waals surface area contributed by atoms with Gasteiger partial charge in [0.15, 0.2) is 5.58 Å². The van der Waals surface area contributed by atoms with Gasteiger partial charge in [0.1, 0.15) is 11.3 Å². The summed E-state index contributed by atoms with van der Waals surface area (Å²) in [6, 6.07) is 3.53. The van der Waals surface area contributed by atoms with E-state index in [1.54, 1.807) is 16.7 Å². The van der Waals surface area contributed by atoms with Crippen LogP contribution in [0.5, 0.6) is 0 Å². The van der Waals surface area contributed by atoms with Gasteiger partial charge < -0.3 is 14.6 Å². The number of rotatable bonds is 8. The molecule has 9 heteroatoms. The molecular weight excluding hydrogens is 374 g/mol. The molecule has 1 aliphatic rings. The van der Waals surface area contributed by atoms with Gasteiger partial charge in [-0.25, -0.2) is 4.68 Å². The summed E-state index contributed by atoms with van der Waals surface area (Å²) in [6.07, 6.45) is 4.76. The van der Waals surface area contributed by atoms with Crippen LogP contribution in [0.4, 0.5) is 0 Å². The predicted octanol–water partition coefficient (Wildman–Crippen LogP) is 1.46. The maximum atomic E-state index is 12.7. The van der Waals surface area contributed by atoms with Crippen molar-refractivity contribution in [3.63, 3.8) is 0 Å². The van der Waals surface area contributed by atoms with Crippen molar-refractivity contribution < 1.29 is 14.0 Å². The van der Waals surface area contributed by atoms with E-state index in [1.165, 1.54) is 4.68 Å². The Balaban J connectivity index is 1.27. The number of carbonyl (C=O) groups is 2. The van der Waals surface area contributed by atoms with Crippen molar-refractivity contribution in [1.82, 2.24) is 24.4 Å². The molecule has 1 fully saturated rings. The second-order valence-electron chi connectivity index (χ2n) is 7.40. The molecule has 0 atom stereocenters. The lowest BCUT2D eigenvalue weighted by Gasteiger charge is -2.15. The molecule has 1 N–H and O–H groups in total. The van der Waals surface area contributed by atoms with Crippen molar-refractivity contribution in [1.29, 1.82) is 0 Å². The highest BCUT2D eigenvalue weighted by molar-refractivity contribution is 5.82. The van der Waals surface area contributed by atoms with Crippen LogP contribution in [0.3, 0.4) is 0 Å². The smallest absolute Gasteiger partial charge is 0.291 e. The van der Waals surface area contributed by atoms with E-state index in [2.05, 4.69) is 10.4 Å². The van der Waals surface area contributed by atoms with Gasteiger partial charge in [0.2, 0.25) is 11.8 Å². The quantitative estimate of drug-likeness (QED) is 0.578. The minimum atomic E-state index is -0.197. The van der Waals surface area contributed by atoms with Gasteiger partial charge in [-0.3, -0.25) is 18.8 Å². The van der Waals surface area contributed by atoms with Crippen LogP contribution in [0.15, 0.2) is 27.6 Å². The Morgan fingerprint density at radius 2 is 2.10 bits per heavy atom. The van der Waals surface area contributed by atoms with Gasteiger partial charge in [0, 0.05) is 51.2 Å². The van der Waals surface area contributed by atoms with Crippen molar-refractivity contribution >= 4 is 28.4 Å². The van der Waals surface area contributed by atoms with E-state index in [-0.39, 0.29) is 17.4 Å². The standard InChI is InChI=1S/C20H25N5O4/c1-14-22-24(20(28)16-13-17-15(25(14)16)7-12-29-17)11-2-5-18(26)21-8-4-10-23-9-3-6-19(23)27/h7,12-13H,2-6,8-11H2,1H3,(H,21,26). The van der Waals surface area contributed by atoms with Crippen LogP contribution in [0.25, 0.3) is 16.6 Å². The molecule has 0 aromatic carbocycles. The molecule has 0 spiro atoms. The highest BCUT2D eigenvalue weighted by Crippen LogP contribution is 2.20. The average molecular weight is 399 g/mol. The van der Waals surface area contributed by atoms with Gasteiger partial charge in [-0.05, 0) is 26.2 Å². The summed E-state index contributed by atoms with van der Waals surface area (Å²) < 4.78 is 8.58. The summed E-state index contributed by atoms with van der Waals surface area (Å²) in [4.78, 5) is 38.1. The number of hydrogen-bond donors (Lipinski definition) is 1. The molecule has 0 aliphatic carbocycles. The molecule has 9 nitrogen and oxygen atoms in total. The van der Waals surface area contributed by atoms with Crippen LogP contribution < -0.4 is 10.9 Å². The highest BCUT2D eigenvalue weighted by Gasteiger charge is 2.19. The Bertz CT molecular complexity index is 1110. The van der Waals surface area contributed by atoms with Crippen molar-refractivity contribution in [3.8, 4) is 0 Å². The zero-order valence-electron chi connectivity index (χ0n) is 16.5. The number of fused-ring (bicyclic) bond motifs is 3. The number of furan rings is 1. The third kappa shape index (κ3) is 3.90. The number of nitrogens with one attached hydrogen (secondary N) is 1. The van der Waals surface area contributed by atoms with Crippen LogP contribution >= 0.6 is 0 Å². The van der Waals surface area contributed by atoms with Gasteiger partial charge in [0.05, 0.1) is 11.8 Å². The second kappa shape index (κ2) is 8.10. The maximum absolute atomic E-state index is 12.7. The Kier molecular flexibility index (Phi) is 5.37. The van der Waals surface area contributed by atoms with E-state index in [0.29, 0.717) is 55.8 Å². The summed E-state index contributed by atoms with van der Waals surface area (Å²) >= 11 is 0. The third-order valence-electron chi connectivity index (χ3n) is 5.34. The zero-order valence-corrected chi connectivity index (χ0v) is 16.5. The normalized spacial score (nSPS) is 14.4. The molecule has 0 bridgehead atoms. The van der Waals surface area contributed by atoms with Gasteiger partial charge in [-0.1, -0.05) is 0 Å². The minimum Gasteiger partial charge on any atom is -0.463 e.